The van der Waals surface area contributed by atoms with Gasteiger partial charge in [0, 0.05) is 13.3 Å². The van der Waals surface area contributed by atoms with Crippen molar-refractivity contribution < 1.29 is 14.3 Å². The van der Waals surface area contributed by atoms with Gasteiger partial charge in [-0.05, 0) is 97.2 Å². The molecule has 1 heterocycles. The summed E-state index contributed by atoms with van der Waals surface area (Å²) in [6, 6.07) is 0. The van der Waals surface area contributed by atoms with Crippen molar-refractivity contribution in [1.82, 2.24) is 0 Å². The van der Waals surface area contributed by atoms with Gasteiger partial charge in [-0.15, -0.1) is 0 Å². The molecular formula is C29H48O3. The number of hydrogen-bond acceptors (Lipinski definition) is 3. The Balaban J connectivity index is 1.28. The Bertz CT molecular complexity index is 732. The van der Waals surface area contributed by atoms with Gasteiger partial charge in [0.05, 0.1) is 0 Å². The molecule has 5 fully saturated rings. The van der Waals surface area contributed by atoms with Gasteiger partial charge in [0.15, 0.2) is 0 Å². The highest BCUT2D eigenvalue weighted by Crippen LogP contribution is 2.71. The summed E-state index contributed by atoms with van der Waals surface area (Å²) in [6.07, 6.45) is 14.9. The van der Waals surface area contributed by atoms with Gasteiger partial charge in [-0.2, -0.15) is 0 Å². The van der Waals surface area contributed by atoms with E-state index in [-0.39, 0.29) is 12.1 Å². The fourth-order valence-electron chi connectivity index (χ4n) is 9.91. The van der Waals surface area contributed by atoms with Crippen LogP contribution in [0.3, 0.4) is 0 Å². The number of epoxide rings is 1. The van der Waals surface area contributed by atoms with Crippen molar-refractivity contribution in [3.8, 4) is 0 Å². The summed E-state index contributed by atoms with van der Waals surface area (Å²) in [5, 5.41) is 0. The normalized spacial score (nSPS) is 50.1. The zero-order valence-corrected chi connectivity index (χ0v) is 21.6. The molecule has 4 aliphatic carbocycles. The Labute approximate surface area is 196 Å². The molecule has 1 saturated heterocycles. The fourth-order valence-corrected chi connectivity index (χ4v) is 9.91. The first-order chi connectivity index (χ1) is 15.1. The average molecular weight is 445 g/mol. The van der Waals surface area contributed by atoms with Crippen LogP contribution in [0, 0.1) is 52.3 Å². The Morgan fingerprint density at radius 3 is 2.44 bits per heavy atom. The third-order valence-corrected chi connectivity index (χ3v) is 11.5. The quantitative estimate of drug-likeness (QED) is 0.317. The van der Waals surface area contributed by atoms with Crippen LogP contribution >= 0.6 is 0 Å². The highest BCUT2D eigenvalue weighted by atomic mass is 16.8. The van der Waals surface area contributed by atoms with E-state index in [0.29, 0.717) is 16.7 Å². The maximum atomic E-state index is 11.7. The van der Waals surface area contributed by atoms with Crippen LogP contribution in [0.2, 0.25) is 0 Å². The first-order valence-electron chi connectivity index (χ1n) is 14.0. The number of carbonyl (C=O) groups is 1. The van der Waals surface area contributed by atoms with E-state index < -0.39 is 5.79 Å². The minimum atomic E-state index is -0.560. The number of rotatable bonds is 6. The second-order valence-electron chi connectivity index (χ2n) is 13.6. The lowest BCUT2D eigenvalue weighted by Crippen LogP contribution is -2.55. The lowest BCUT2D eigenvalue weighted by Gasteiger charge is -2.60. The predicted molar refractivity (Wildman–Crippen MR) is 128 cm³/mol. The predicted octanol–water partition coefficient (Wildman–Crippen LogP) is 7.38. The standard InChI is InChI=1S/C29H48O3/c1-18(2)8-7-9-19(3)23-12-13-24-22-11-10-21-16-29(31-20(4)30)26(32-29)17-28(21,6)25(22)14-15-27(23,24)5/h18-19,21-26H,7-17H2,1-6H3/t19-,21-,22+,23-,24+,25+,26-,27-,28+,29-/m1/s1. The topological polar surface area (TPSA) is 38.8 Å². The SMILES string of the molecule is CC(=O)O[C@@]12C[C@H]3CC[C@@H]4[C@H](CC[C@]5(C)[C@@H]([C@H](C)CCCC(C)C)CC[C@@H]45)[C@@]3(C)C[C@H]1O2. The maximum absolute atomic E-state index is 11.7. The lowest BCUT2D eigenvalue weighted by atomic mass is 9.44. The van der Waals surface area contributed by atoms with E-state index in [2.05, 4.69) is 34.6 Å². The van der Waals surface area contributed by atoms with Crippen LogP contribution in [-0.4, -0.2) is 17.9 Å². The molecule has 3 heteroatoms. The van der Waals surface area contributed by atoms with E-state index >= 15 is 0 Å². The average Bonchev–Trinajstić information content (AvgIpc) is 3.23. The summed E-state index contributed by atoms with van der Waals surface area (Å²) in [5.41, 5.74) is 0.934. The molecule has 10 atom stereocenters. The second-order valence-corrected chi connectivity index (χ2v) is 13.6. The Morgan fingerprint density at radius 2 is 1.72 bits per heavy atom. The van der Waals surface area contributed by atoms with Gasteiger partial charge >= 0.3 is 5.97 Å². The number of hydrogen-bond donors (Lipinski definition) is 0. The van der Waals surface area contributed by atoms with E-state index in [0.717, 1.165) is 48.3 Å². The molecule has 5 aliphatic rings. The molecule has 5 rings (SSSR count). The zero-order chi connectivity index (χ0) is 22.9. The summed E-state index contributed by atoms with van der Waals surface area (Å²) in [6.45, 7) is 14.1. The van der Waals surface area contributed by atoms with Gasteiger partial charge < -0.3 is 9.47 Å². The van der Waals surface area contributed by atoms with Gasteiger partial charge in [0.2, 0.25) is 5.79 Å². The Morgan fingerprint density at radius 1 is 0.969 bits per heavy atom. The van der Waals surface area contributed by atoms with E-state index in [1.807, 2.05) is 0 Å². The molecule has 32 heavy (non-hydrogen) atoms. The van der Waals surface area contributed by atoms with Crippen molar-refractivity contribution in [1.29, 1.82) is 0 Å². The molecule has 3 nitrogen and oxygen atoms in total. The molecule has 4 saturated carbocycles. The second kappa shape index (κ2) is 7.99. The Kier molecular flexibility index (Phi) is 5.79. The van der Waals surface area contributed by atoms with E-state index in [1.165, 1.54) is 64.7 Å². The molecule has 0 spiro atoms. The molecule has 0 amide bonds. The smallest absolute Gasteiger partial charge is 0.305 e. The third-order valence-electron chi connectivity index (χ3n) is 11.5. The molecule has 0 aromatic carbocycles. The van der Waals surface area contributed by atoms with E-state index in [4.69, 9.17) is 9.47 Å². The maximum Gasteiger partial charge on any atom is 0.305 e. The van der Waals surface area contributed by atoms with Crippen LogP contribution in [0.25, 0.3) is 0 Å². The Hall–Kier alpha value is -0.570. The summed E-state index contributed by atoms with van der Waals surface area (Å²) >= 11 is 0. The summed E-state index contributed by atoms with van der Waals surface area (Å²) in [7, 11) is 0. The highest BCUT2D eigenvalue weighted by Gasteiger charge is 2.71. The molecule has 0 N–H and O–H groups in total. The summed E-state index contributed by atoms with van der Waals surface area (Å²) < 4.78 is 11.8. The van der Waals surface area contributed by atoms with Crippen LogP contribution in [-0.2, 0) is 14.3 Å². The monoisotopic (exact) mass is 444 g/mol. The number of carbonyl (C=O) groups excluding carboxylic acids is 1. The molecular weight excluding hydrogens is 396 g/mol. The van der Waals surface area contributed by atoms with Crippen LogP contribution < -0.4 is 0 Å². The van der Waals surface area contributed by atoms with Crippen LogP contribution in [0.15, 0.2) is 0 Å². The minimum Gasteiger partial charge on any atom is -0.430 e. The number of ether oxygens (including phenoxy) is 2. The van der Waals surface area contributed by atoms with Crippen molar-refractivity contribution in [2.75, 3.05) is 0 Å². The molecule has 0 aromatic heterocycles. The van der Waals surface area contributed by atoms with Crippen LogP contribution in [0.5, 0.6) is 0 Å². The van der Waals surface area contributed by atoms with Crippen molar-refractivity contribution in [2.45, 2.75) is 124 Å². The van der Waals surface area contributed by atoms with Gasteiger partial charge in [-0.1, -0.05) is 53.9 Å². The first kappa shape index (κ1) is 23.2. The molecule has 0 radical (unpaired) electrons. The van der Waals surface area contributed by atoms with Gasteiger partial charge in [-0.25, -0.2) is 0 Å². The molecule has 0 bridgehead atoms. The minimum absolute atomic E-state index is 0.150. The van der Waals surface area contributed by atoms with Crippen molar-refractivity contribution >= 4 is 5.97 Å². The molecule has 0 aromatic rings. The number of fused-ring (bicyclic) bond motifs is 6. The zero-order valence-electron chi connectivity index (χ0n) is 21.6. The summed E-state index contributed by atoms with van der Waals surface area (Å²) in [5.74, 6) is 5.23. The first-order valence-corrected chi connectivity index (χ1v) is 14.0. The van der Waals surface area contributed by atoms with Gasteiger partial charge in [-0.3, -0.25) is 4.79 Å². The van der Waals surface area contributed by atoms with E-state index in [1.54, 1.807) is 0 Å². The molecule has 182 valence electrons. The largest absolute Gasteiger partial charge is 0.430 e. The number of esters is 1. The summed E-state index contributed by atoms with van der Waals surface area (Å²) in [4.78, 5) is 11.7. The van der Waals surface area contributed by atoms with Crippen LogP contribution in [0.4, 0.5) is 0 Å². The molecule has 0 unspecified atom stereocenters. The third kappa shape index (κ3) is 3.59. The van der Waals surface area contributed by atoms with Gasteiger partial charge in [0.25, 0.3) is 0 Å². The van der Waals surface area contributed by atoms with Crippen molar-refractivity contribution in [2.24, 2.45) is 52.3 Å². The highest BCUT2D eigenvalue weighted by molar-refractivity contribution is 5.66. The van der Waals surface area contributed by atoms with E-state index in [9.17, 15) is 4.79 Å². The molecule has 1 aliphatic heterocycles. The fraction of sp³-hybridized carbons (Fsp3) is 0.966. The van der Waals surface area contributed by atoms with Crippen LogP contribution in [0.1, 0.15) is 112 Å². The van der Waals surface area contributed by atoms with Crippen molar-refractivity contribution in [3.63, 3.8) is 0 Å². The van der Waals surface area contributed by atoms with Crippen molar-refractivity contribution in [3.05, 3.63) is 0 Å². The lowest BCUT2D eigenvalue weighted by molar-refractivity contribution is -0.168. The van der Waals surface area contributed by atoms with Gasteiger partial charge in [0.1, 0.15) is 6.10 Å².